The number of aliphatic hydroxyl groups is 2. The number of unbranched alkanes of at least 4 members (excludes halogenated alkanes) is 53. The second kappa shape index (κ2) is 66.1. The molecule has 0 aliphatic rings. The minimum Gasteiger partial charge on any atom is -0.466 e. The Morgan fingerprint density at radius 1 is 0.355 bits per heavy atom. The Morgan fingerprint density at radius 3 is 0.934 bits per heavy atom. The molecule has 0 rings (SSSR count). The number of hydrogen-bond acceptors (Lipinski definition) is 5. The lowest BCUT2D eigenvalue weighted by atomic mass is 10.0. The van der Waals surface area contributed by atoms with Crippen LogP contribution in [0.2, 0.25) is 0 Å². The molecule has 0 aromatic rings. The summed E-state index contributed by atoms with van der Waals surface area (Å²) in [6, 6.07) is -0.542. The van der Waals surface area contributed by atoms with Crippen LogP contribution in [0.25, 0.3) is 0 Å². The predicted molar refractivity (Wildman–Crippen MR) is 333 cm³/mol. The zero-order valence-corrected chi connectivity index (χ0v) is 51.8. The second-order valence-electron chi connectivity index (χ2n) is 24.2. The molecule has 0 aliphatic heterocycles. The average Bonchev–Trinajstić information content (AvgIpc) is 3.42. The molecular weight excluding hydrogens is 935 g/mol. The zero-order chi connectivity index (χ0) is 55.0. The van der Waals surface area contributed by atoms with Gasteiger partial charge in [0.05, 0.1) is 25.4 Å². The highest BCUT2D eigenvalue weighted by Gasteiger charge is 2.20. The van der Waals surface area contributed by atoms with Gasteiger partial charge in [-0.2, -0.15) is 0 Å². The maximum absolute atomic E-state index is 12.6. The fourth-order valence-electron chi connectivity index (χ4n) is 11.2. The first kappa shape index (κ1) is 74.6. The summed E-state index contributed by atoms with van der Waals surface area (Å²) in [5.41, 5.74) is 0. The third-order valence-electron chi connectivity index (χ3n) is 16.6. The van der Waals surface area contributed by atoms with Crippen LogP contribution < -0.4 is 5.32 Å². The number of esters is 1. The van der Waals surface area contributed by atoms with Crippen molar-refractivity contribution in [1.29, 1.82) is 0 Å². The van der Waals surface area contributed by atoms with Crippen LogP contribution in [0.1, 0.15) is 399 Å². The first-order valence-corrected chi connectivity index (χ1v) is 34.9. The number of aliphatic hydroxyl groups excluding tert-OH is 2. The van der Waals surface area contributed by atoms with E-state index >= 15 is 0 Å². The molecule has 0 bridgehead atoms. The molecule has 0 aliphatic carbocycles. The van der Waals surface area contributed by atoms with E-state index < -0.39 is 12.1 Å². The van der Waals surface area contributed by atoms with Crippen molar-refractivity contribution in [2.75, 3.05) is 13.2 Å². The van der Waals surface area contributed by atoms with Crippen molar-refractivity contribution in [3.8, 4) is 0 Å². The molecule has 0 aromatic heterocycles. The van der Waals surface area contributed by atoms with Gasteiger partial charge in [-0.3, -0.25) is 9.59 Å². The van der Waals surface area contributed by atoms with Crippen LogP contribution in [0.5, 0.6) is 0 Å². The van der Waals surface area contributed by atoms with Gasteiger partial charge in [-0.25, -0.2) is 0 Å². The quantitative estimate of drug-likeness (QED) is 0.0320. The minimum absolute atomic E-state index is 0.00596. The fraction of sp³-hybridized carbons (Fsp3) is 0.943. The third kappa shape index (κ3) is 61.8. The zero-order valence-electron chi connectivity index (χ0n) is 51.8. The number of hydrogen-bond donors (Lipinski definition) is 3. The van der Waals surface area contributed by atoms with Crippen LogP contribution in [0, 0.1) is 0 Å². The molecule has 0 heterocycles. The molecule has 0 spiro atoms. The van der Waals surface area contributed by atoms with Crippen LogP contribution in [-0.4, -0.2) is 47.4 Å². The van der Waals surface area contributed by atoms with Crippen molar-refractivity contribution in [3.63, 3.8) is 0 Å². The lowest BCUT2D eigenvalue weighted by Crippen LogP contribution is -2.45. The summed E-state index contributed by atoms with van der Waals surface area (Å²) in [5.74, 6) is -0.0242. The molecule has 0 radical (unpaired) electrons. The number of nitrogens with one attached hydrogen (secondary N) is 1. The van der Waals surface area contributed by atoms with Crippen molar-refractivity contribution >= 4 is 11.9 Å². The summed E-state index contributed by atoms with van der Waals surface area (Å²) in [7, 11) is 0. The van der Waals surface area contributed by atoms with Crippen molar-refractivity contribution in [2.45, 2.75) is 411 Å². The molecule has 2 atom stereocenters. The number of carbonyl (C=O) groups excluding carboxylic acids is 2. The summed E-state index contributed by atoms with van der Waals surface area (Å²) in [6.07, 6.45) is 81.1. The molecule has 0 aromatic carbocycles. The molecular formula is C70H137NO5. The highest BCUT2D eigenvalue weighted by Crippen LogP contribution is 2.19. The highest BCUT2D eigenvalue weighted by atomic mass is 16.5. The van der Waals surface area contributed by atoms with E-state index in [0.717, 1.165) is 44.9 Å². The Hall–Kier alpha value is -1.40. The first-order chi connectivity index (χ1) is 37.5. The Balaban J connectivity index is 3.38. The Kier molecular flexibility index (Phi) is 64.9. The minimum atomic E-state index is -0.665. The third-order valence-corrected chi connectivity index (χ3v) is 16.6. The summed E-state index contributed by atoms with van der Waals surface area (Å²) in [5, 5.41) is 23.4. The lowest BCUT2D eigenvalue weighted by molar-refractivity contribution is -0.143. The van der Waals surface area contributed by atoms with Gasteiger partial charge in [-0.05, 0) is 51.4 Å². The van der Waals surface area contributed by atoms with Gasteiger partial charge < -0.3 is 20.3 Å². The van der Waals surface area contributed by atoms with Crippen LogP contribution in [0.15, 0.2) is 12.2 Å². The molecule has 0 saturated carbocycles. The molecule has 3 N–H and O–H groups in total. The predicted octanol–water partition coefficient (Wildman–Crippen LogP) is 22.4. The Bertz CT molecular complexity index is 1140. The molecule has 0 saturated heterocycles. The SMILES string of the molecule is CCCCCCC/C=C\CCCCCCCC(=O)OCCCCCCCCCCCCCCCCCCCCCCCCC(=O)NC(CO)C(O)CCCCCCCCCCCCCCCCCCCCCCCCC. The van der Waals surface area contributed by atoms with Crippen LogP contribution >= 0.6 is 0 Å². The smallest absolute Gasteiger partial charge is 0.305 e. The van der Waals surface area contributed by atoms with Gasteiger partial charge in [0, 0.05) is 12.8 Å². The maximum Gasteiger partial charge on any atom is 0.305 e. The van der Waals surface area contributed by atoms with E-state index in [0.29, 0.717) is 25.9 Å². The first-order valence-electron chi connectivity index (χ1n) is 34.9. The molecule has 6 nitrogen and oxygen atoms in total. The largest absolute Gasteiger partial charge is 0.466 e. The highest BCUT2D eigenvalue weighted by molar-refractivity contribution is 5.76. The molecule has 6 heteroatoms. The Labute approximate surface area is 476 Å². The van der Waals surface area contributed by atoms with Gasteiger partial charge in [0.2, 0.25) is 5.91 Å². The van der Waals surface area contributed by atoms with Gasteiger partial charge in [-0.1, -0.05) is 347 Å². The molecule has 0 fully saturated rings. The van der Waals surface area contributed by atoms with Crippen molar-refractivity contribution < 1.29 is 24.5 Å². The summed E-state index contributed by atoms with van der Waals surface area (Å²) < 4.78 is 5.48. The molecule has 1 amide bonds. The van der Waals surface area contributed by atoms with Crippen LogP contribution in [0.3, 0.4) is 0 Å². The van der Waals surface area contributed by atoms with E-state index in [2.05, 4.69) is 31.3 Å². The van der Waals surface area contributed by atoms with Crippen LogP contribution in [-0.2, 0) is 14.3 Å². The lowest BCUT2D eigenvalue weighted by Gasteiger charge is -2.22. The number of allylic oxidation sites excluding steroid dienone is 2. The summed E-state index contributed by atoms with van der Waals surface area (Å²) in [6.45, 7) is 4.98. The normalized spacial score (nSPS) is 12.5. The molecule has 76 heavy (non-hydrogen) atoms. The topological polar surface area (TPSA) is 95.9 Å². The van der Waals surface area contributed by atoms with E-state index in [1.807, 2.05) is 0 Å². The summed E-state index contributed by atoms with van der Waals surface area (Å²) >= 11 is 0. The number of ether oxygens (including phenoxy) is 1. The van der Waals surface area contributed by atoms with E-state index in [4.69, 9.17) is 4.74 Å². The van der Waals surface area contributed by atoms with Gasteiger partial charge >= 0.3 is 5.97 Å². The average molecular weight is 1070 g/mol. The van der Waals surface area contributed by atoms with Crippen molar-refractivity contribution in [3.05, 3.63) is 12.2 Å². The van der Waals surface area contributed by atoms with E-state index in [1.165, 1.54) is 321 Å². The van der Waals surface area contributed by atoms with Crippen molar-refractivity contribution in [1.82, 2.24) is 5.32 Å². The monoisotopic (exact) mass is 1070 g/mol. The number of carbonyl (C=O) groups is 2. The molecule has 2 unspecified atom stereocenters. The molecule has 452 valence electrons. The van der Waals surface area contributed by atoms with Gasteiger partial charge in [0.1, 0.15) is 0 Å². The Morgan fingerprint density at radius 2 is 0.618 bits per heavy atom. The van der Waals surface area contributed by atoms with Gasteiger partial charge in [0.25, 0.3) is 0 Å². The standard InChI is InChI=1S/C70H137NO5/c1-3-5-7-9-11-13-15-17-19-20-21-22-23-26-29-32-35-38-42-46-50-54-58-62-68(73)67(66-72)71-69(74)63-59-55-51-47-43-39-36-33-30-27-24-25-28-31-34-37-41-45-49-53-57-61-65-76-70(75)64-60-56-52-48-44-40-18-16-14-12-10-8-6-4-2/h16,18,67-68,72-73H,3-15,17,19-66H2,1-2H3,(H,71,74)/b18-16-. The van der Waals surface area contributed by atoms with Gasteiger partial charge in [-0.15, -0.1) is 0 Å². The van der Waals surface area contributed by atoms with E-state index in [9.17, 15) is 19.8 Å². The maximum atomic E-state index is 12.6. The number of amides is 1. The number of rotatable bonds is 66. The van der Waals surface area contributed by atoms with Gasteiger partial charge in [0.15, 0.2) is 0 Å². The fourth-order valence-corrected chi connectivity index (χ4v) is 11.2. The summed E-state index contributed by atoms with van der Waals surface area (Å²) in [4.78, 5) is 24.6. The van der Waals surface area contributed by atoms with E-state index in [-0.39, 0.29) is 18.5 Å². The van der Waals surface area contributed by atoms with Crippen molar-refractivity contribution in [2.24, 2.45) is 0 Å². The van der Waals surface area contributed by atoms with Crippen LogP contribution in [0.4, 0.5) is 0 Å². The van der Waals surface area contributed by atoms with E-state index in [1.54, 1.807) is 0 Å². The second-order valence-corrected chi connectivity index (χ2v) is 24.2.